The highest BCUT2D eigenvalue weighted by Crippen LogP contribution is 2.24. The molecule has 2 heterocycles. The van der Waals surface area contributed by atoms with E-state index in [1.54, 1.807) is 12.1 Å². The molecule has 1 fully saturated rings. The summed E-state index contributed by atoms with van der Waals surface area (Å²) in [7, 11) is 0. The summed E-state index contributed by atoms with van der Waals surface area (Å²) < 4.78 is 0.610. The van der Waals surface area contributed by atoms with Crippen LogP contribution in [0.15, 0.2) is 12.1 Å². The predicted octanol–water partition coefficient (Wildman–Crippen LogP) is 3.87. The third-order valence-corrected chi connectivity index (χ3v) is 4.91. The Bertz CT molecular complexity index is 490. The van der Waals surface area contributed by atoms with Crippen LogP contribution in [0.3, 0.4) is 0 Å². The Hall–Kier alpha value is -0.870. The number of halogens is 1. The van der Waals surface area contributed by atoms with E-state index in [1.807, 2.05) is 4.90 Å². The maximum Gasteiger partial charge on any atom is 0.223 e. The molecule has 2 unspecified atom stereocenters. The first-order valence-electron chi connectivity index (χ1n) is 7.02. The molecule has 1 aliphatic heterocycles. The zero-order valence-electron chi connectivity index (χ0n) is 11.9. The number of piperidine rings is 1. The molecule has 1 amide bonds. The summed E-state index contributed by atoms with van der Waals surface area (Å²) in [6, 6.07) is 3.44. The number of hydrogen-bond acceptors (Lipinski definition) is 3. The minimum atomic E-state index is 0.00774. The molecule has 0 aliphatic carbocycles. The van der Waals surface area contributed by atoms with Gasteiger partial charge in [0.2, 0.25) is 5.91 Å². The Morgan fingerprint density at radius 3 is 2.45 bits per heavy atom. The number of Topliss-reactive ketones (excluding diaryl/α,β-unsaturated/α-hetero) is 1. The average Bonchev–Trinajstić information content (AvgIpc) is 2.81. The van der Waals surface area contributed by atoms with Gasteiger partial charge in [-0.3, -0.25) is 9.59 Å². The highest BCUT2D eigenvalue weighted by molar-refractivity contribution is 7.18. The van der Waals surface area contributed by atoms with E-state index in [2.05, 4.69) is 13.8 Å². The van der Waals surface area contributed by atoms with Gasteiger partial charge < -0.3 is 4.90 Å². The maximum absolute atomic E-state index is 12.2. The molecule has 20 heavy (non-hydrogen) atoms. The van der Waals surface area contributed by atoms with Crippen molar-refractivity contribution in [3.05, 3.63) is 21.3 Å². The fourth-order valence-corrected chi connectivity index (χ4v) is 3.84. The first-order valence-corrected chi connectivity index (χ1v) is 8.21. The SMILES string of the molecule is CC1CC(C)CN(C(=O)CCC(=O)c2ccc(Cl)s2)C1. The largest absolute Gasteiger partial charge is 0.342 e. The van der Waals surface area contributed by atoms with Gasteiger partial charge >= 0.3 is 0 Å². The molecule has 5 heteroatoms. The van der Waals surface area contributed by atoms with Crippen LogP contribution >= 0.6 is 22.9 Å². The van der Waals surface area contributed by atoms with Crippen LogP contribution < -0.4 is 0 Å². The van der Waals surface area contributed by atoms with Gasteiger partial charge in [-0.25, -0.2) is 0 Å². The van der Waals surface area contributed by atoms with E-state index in [9.17, 15) is 9.59 Å². The lowest BCUT2D eigenvalue weighted by atomic mass is 9.91. The fourth-order valence-electron chi connectivity index (χ4n) is 2.83. The zero-order chi connectivity index (χ0) is 14.7. The quantitative estimate of drug-likeness (QED) is 0.791. The molecule has 2 atom stereocenters. The van der Waals surface area contributed by atoms with Gasteiger partial charge in [0.15, 0.2) is 5.78 Å². The van der Waals surface area contributed by atoms with E-state index in [4.69, 9.17) is 11.6 Å². The highest BCUT2D eigenvalue weighted by atomic mass is 35.5. The van der Waals surface area contributed by atoms with Gasteiger partial charge in [0.25, 0.3) is 0 Å². The van der Waals surface area contributed by atoms with Crippen molar-refractivity contribution in [2.45, 2.75) is 33.1 Å². The summed E-state index contributed by atoms with van der Waals surface area (Å²) in [5.41, 5.74) is 0. The number of ketones is 1. The standard InChI is InChI=1S/C15H20ClNO2S/c1-10-7-11(2)9-17(8-10)15(19)6-3-12(18)13-4-5-14(16)20-13/h4-5,10-11H,3,6-9H2,1-2H3. The summed E-state index contributed by atoms with van der Waals surface area (Å²) in [5, 5.41) is 0. The monoisotopic (exact) mass is 313 g/mol. The molecule has 1 aromatic rings. The van der Waals surface area contributed by atoms with Crippen LogP contribution in [0.25, 0.3) is 0 Å². The van der Waals surface area contributed by atoms with Crippen molar-refractivity contribution >= 4 is 34.6 Å². The third kappa shape index (κ3) is 4.06. The molecule has 0 aromatic carbocycles. The lowest BCUT2D eigenvalue weighted by Gasteiger charge is -2.35. The van der Waals surface area contributed by atoms with Crippen LogP contribution in [0.5, 0.6) is 0 Å². The Kier molecular flexibility index (Phi) is 5.22. The van der Waals surface area contributed by atoms with Crippen LogP contribution in [0.1, 0.15) is 42.8 Å². The number of rotatable bonds is 4. The second-order valence-electron chi connectivity index (χ2n) is 5.77. The Morgan fingerprint density at radius 1 is 1.25 bits per heavy atom. The first kappa shape index (κ1) is 15.5. The summed E-state index contributed by atoms with van der Waals surface area (Å²) in [4.78, 5) is 26.7. The summed E-state index contributed by atoms with van der Waals surface area (Å²) in [6.45, 7) is 5.99. The summed E-state index contributed by atoms with van der Waals surface area (Å²) in [5.74, 6) is 1.21. The van der Waals surface area contributed by atoms with Gasteiger partial charge in [-0.15, -0.1) is 11.3 Å². The second-order valence-corrected chi connectivity index (χ2v) is 7.49. The van der Waals surface area contributed by atoms with Gasteiger partial charge in [-0.1, -0.05) is 25.4 Å². The number of carbonyl (C=O) groups is 2. The zero-order valence-corrected chi connectivity index (χ0v) is 13.5. The Labute approximate surface area is 128 Å². The number of nitrogens with zero attached hydrogens (tertiary/aromatic N) is 1. The van der Waals surface area contributed by atoms with E-state index in [1.165, 1.54) is 17.8 Å². The number of carbonyl (C=O) groups excluding carboxylic acids is 2. The number of likely N-dealkylation sites (tertiary alicyclic amines) is 1. The fraction of sp³-hybridized carbons (Fsp3) is 0.600. The lowest BCUT2D eigenvalue weighted by Crippen LogP contribution is -2.42. The Morgan fingerprint density at radius 2 is 1.90 bits per heavy atom. The molecular formula is C15H20ClNO2S. The molecule has 0 bridgehead atoms. The van der Waals surface area contributed by atoms with Gasteiger partial charge in [-0.05, 0) is 30.4 Å². The average molecular weight is 314 g/mol. The minimum absolute atomic E-state index is 0.00774. The van der Waals surface area contributed by atoms with Crippen molar-refractivity contribution in [1.82, 2.24) is 4.90 Å². The van der Waals surface area contributed by atoms with Crippen molar-refractivity contribution in [2.75, 3.05) is 13.1 Å². The van der Waals surface area contributed by atoms with Crippen molar-refractivity contribution in [3.63, 3.8) is 0 Å². The van der Waals surface area contributed by atoms with Gasteiger partial charge in [0.1, 0.15) is 0 Å². The van der Waals surface area contributed by atoms with E-state index in [-0.39, 0.29) is 18.1 Å². The maximum atomic E-state index is 12.2. The number of thiophene rings is 1. The van der Waals surface area contributed by atoms with Crippen molar-refractivity contribution in [3.8, 4) is 0 Å². The molecule has 2 rings (SSSR count). The van der Waals surface area contributed by atoms with Crippen LogP contribution in [0, 0.1) is 11.8 Å². The van der Waals surface area contributed by atoms with E-state index >= 15 is 0 Å². The van der Waals surface area contributed by atoms with Gasteiger partial charge in [-0.2, -0.15) is 0 Å². The predicted molar refractivity (Wildman–Crippen MR) is 82.4 cm³/mol. The molecule has 3 nitrogen and oxygen atoms in total. The molecule has 1 saturated heterocycles. The highest BCUT2D eigenvalue weighted by Gasteiger charge is 2.25. The van der Waals surface area contributed by atoms with Crippen LogP contribution in [-0.4, -0.2) is 29.7 Å². The summed E-state index contributed by atoms with van der Waals surface area (Å²) in [6.07, 6.45) is 1.75. The van der Waals surface area contributed by atoms with Gasteiger partial charge in [0.05, 0.1) is 9.21 Å². The smallest absolute Gasteiger partial charge is 0.223 e. The molecule has 0 radical (unpaired) electrons. The van der Waals surface area contributed by atoms with Crippen molar-refractivity contribution in [1.29, 1.82) is 0 Å². The van der Waals surface area contributed by atoms with Crippen LogP contribution in [-0.2, 0) is 4.79 Å². The molecular weight excluding hydrogens is 294 g/mol. The molecule has 0 spiro atoms. The third-order valence-electron chi connectivity index (χ3n) is 3.64. The molecule has 0 saturated carbocycles. The number of amides is 1. The van der Waals surface area contributed by atoms with E-state index < -0.39 is 0 Å². The molecule has 1 aromatic heterocycles. The Balaban J connectivity index is 1.84. The topological polar surface area (TPSA) is 37.4 Å². The van der Waals surface area contributed by atoms with Gasteiger partial charge in [0, 0.05) is 25.9 Å². The van der Waals surface area contributed by atoms with E-state index in [0.717, 1.165) is 13.1 Å². The van der Waals surface area contributed by atoms with E-state index in [0.29, 0.717) is 27.5 Å². The molecule has 110 valence electrons. The molecule has 0 N–H and O–H groups in total. The van der Waals surface area contributed by atoms with Crippen molar-refractivity contribution < 1.29 is 9.59 Å². The first-order chi connectivity index (χ1) is 9.45. The number of hydrogen-bond donors (Lipinski definition) is 0. The minimum Gasteiger partial charge on any atom is -0.342 e. The normalized spacial score (nSPS) is 22.9. The second kappa shape index (κ2) is 6.72. The van der Waals surface area contributed by atoms with Crippen molar-refractivity contribution in [2.24, 2.45) is 11.8 Å². The molecule has 1 aliphatic rings. The summed E-state index contributed by atoms with van der Waals surface area (Å²) >= 11 is 7.09. The lowest BCUT2D eigenvalue weighted by molar-refractivity contribution is -0.133. The van der Waals surface area contributed by atoms with Crippen LogP contribution in [0.2, 0.25) is 4.34 Å². The van der Waals surface area contributed by atoms with Crippen LogP contribution in [0.4, 0.5) is 0 Å².